The van der Waals surface area contributed by atoms with E-state index in [0.717, 1.165) is 11.4 Å². The molecule has 9 heteroatoms. The lowest BCUT2D eigenvalue weighted by Crippen LogP contribution is -2.47. The van der Waals surface area contributed by atoms with Crippen LogP contribution < -0.4 is 10.2 Å². The number of anilines is 1. The summed E-state index contributed by atoms with van der Waals surface area (Å²) < 4.78 is 7.42. The van der Waals surface area contributed by atoms with E-state index in [2.05, 4.69) is 15.4 Å². The lowest BCUT2D eigenvalue weighted by atomic mass is 10.1. The normalized spacial score (nSPS) is 21.7. The molecule has 0 radical (unpaired) electrons. The second-order valence-corrected chi connectivity index (χ2v) is 8.48. The Balaban J connectivity index is 1.56. The van der Waals surface area contributed by atoms with E-state index in [1.54, 1.807) is 22.2 Å². The quantitative estimate of drug-likeness (QED) is 0.840. The number of nitrogens with one attached hydrogen (secondary N) is 1. The fourth-order valence-electron chi connectivity index (χ4n) is 3.67. The number of aromatic nitrogens is 3. The van der Waals surface area contributed by atoms with Crippen LogP contribution in [0.4, 0.5) is 15.3 Å². The summed E-state index contributed by atoms with van der Waals surface area (Å²) >= 11 is 0. The van der Waals surface area contributed by atoms with Crippen molar-refractivity contribution in [1.29, 1.82) is 0 Å². The molecule has 1 N–H and O–H groups in total. The Morgan fingerprint density at radius 2 is 2.07 bits per heavy atom. The number of nitrogens with zero attached hydrogens (tertiary/aromatic N) is 5. The molecule has 2 aromatic rings. The van der Waals surface area contributed by atoms with Crippen LogP contribution in [0.2, 0.25) is 0 Å². The number of pyridine rings is 1. The van der Waals surface area contributed by atoms with Crippen molar-refractivity contribution in [2.24, 2.45) is 0 Å². The second kappa shape index (κ2) is 7.06. The monoisotopic (exact) mass is 398 g/mol. The van der Waals surface area contributed by atoms with E-state index in [0.29, 0.717) is 25.3 Å². The molecule has 154 valence electrons. The first-order valence-electron chi connectivity index (χ1n) is 9.76. The van der Waals surface area contributed by atoms with Gasteiger partial charge in [-0.2, -0.15) is 5.10 Å². The molecular weight excluding hydrogens is 372 g/mol. The number of hydrogen-bond acceptors (Lipinski definition) is 5. The van der Waals surface area contributed by atoms with Crippen LogP contribution in [0.3, 0.4) is 0 Å². The van der Waals surface area contributed by atoms with Gasteiger partial charge in [0.1, 0.15) is 5.60 Å². The molecule has 1 saturated heterocycles. The first kappa shape index (κ1) is 19.2. The van der Waals surface area contributed by atoms with Gasteiger partial charge in [0.05, 0.1) is 55.0 Å². The summed E-state index contributed by atoms with van der Waals surface area (Å²) in [5, 5.41) is 7.42. The summed E-state index contributed by atoms with van der Waals surface area (Å²) in [5.74, 6) is 0. The van der Waals surface area contributed by atoms with Gasteiger partial charge >= 0.3 is 12.1 Å². The van der Waals surface area contributed by atoms with Crippen LogP contribution >= 0.6 is 0 Å². The molecule has 0 aromatic carbocycles. The van der Waals surface area contributed by atoms with Crippen LogP contribution in [-0.2, 0) is 17.8 Å². The molecule has 9 nitrogen and oxygen atoms in total. The lowest BCUT2D eigenvalue weighted by Gasteiger charge is -2.35. The Bertz CT molecular complexity index is 920. The van der Waals surface area contributed by atoms with Gasteiger partial charge < -0.3 is 10.1 Å². The minimum Gasteiger partial charge on any atom is -0.444 e. The van der Waals surface area contributed by atoms with E-state index in [1.165, 1.54) is 0 Å². The van der Waals surface area contributed by atoms with Crippen molar-refractivity contribution in [3.63, 3.8) is 0 Å². The first-order chi connectivity index (χ1) is 13.7. The SMILES string of the molecule is C[C@H]1Cn2ncc(N3CC(c4ccccn4)NC3=O)c2CN1C(=O)OC(C)(C)C. The molecule has 2 aromatic heterocycles. The van der Waals surface area contributed by atoms with Crippen LogP contribution in [0.5, 0.6) is 0 Å². The molecule has 29 heavy (non-hydrogen) atoms. The van der Waals surface area contributed by atoms with E-state index >= 15 is 0 Å². The third-order valence-corrected chi connectivity index (χ3v) is 5.09. The third kappa shape index (κ3) is 3.76. The second-order valence-electron chi connectivity index (χ2n) is 8.48. The van der Waals surface area contributed by atoms with Crippen molar-refractivity contribution >= 4 is 17.8 Å². The van der Waals surface area contributed by atoms with Gasteiger partial charge in [-0.3, -0.25) is 19.5 Å². The predicted molar refractivity (Wildman–Crippen MR) is 106 cm³/mol. The topological polar surface area (TPSA) is 92.6 Å². The van der Waals surface area contributed by atoms with Gasteiger partial charge in [0, 0.05) is 6.20 Å². The number of fused-ring (bicyclic) bond motifs is 1. The Hall–Kier alpha value is -3.10. The highest BCUT2D eigenvalue weighted by Crippen LogP contribution is 2.31. The Kier molecular flexibility index (Phi) is 4.68. The summed E-state index contributed by atoms with van der Waals surface area (Å²) in [6.07, 6.45) is 3.05. The maximum Gasteiger partial charge on any atom is 0.410 e. The van der Waals surface area contributed by atoms with E-state index in [1.807, 2.05) is 50.6 Å². The standard InChI is InChI=1S/C20H26N6O3/c1-13-10-26-17(12-24(13)19(28)29-20(2,3)4)16(9-22-26)25-11-15(23-18(25)27)14-7-5-6-8-21-14/h5-9,13,15H,10-12H2,1-4H3,(H,23,27)/t13-,15?/m0/s1. The zero-order valence-electron chi connectivity index (χ0n) is 17.1. The predicted octanol–water partition coefficient (Wildman–Crippen LogP) is 2.69. The molecule has 0 saturated carbocycles. The molecule has 2 atom stereocenters. The summed E-state index contributed by atoms with van der Waals surface area (Å²) in [5.41, 5.74) is 1.78. The Labute approximate surface area is 169 Å². The zero-order valence-corrected chi connectivity index (χ0v) is 17.1. The summed E-state index contributed by atoms with van der Waals surface area (Å²) in [7, 11) is 0. The van der Waals surface area contributed by atoms with Gasteiger partial charge in [0.15, 0.2) is 0 Å². The highest BCUT2D eigenvalue weighted by atomic mass is 16.6. The van der Waals surface area contributed by atoms with Crippen LogP contribution in [-0.4, -0.2) is 50.0 Å². The smallest absolute Gasteiger partial charge is 0.410 e. The van der Waals surface area contributed by atoms with Crippen molar-refractivity contribution < 1.29 is 14.3 Å². The van der Waals surface area contributed by atoms with Gasteiger partial charge in [-0.15, -0.1) is 0 Å². The summed E-state index contributed by atoms with van der Waals surface area (Å²) in [4.78, 5) is 33.0. The van der Waals surface area contributed by atoms with E-state index in [4.69, 9.17) is 4.74 Å². The highest BCUT2D eigenvalue weighted by molar-refractivity contribution is 5.95. The Morgan fingerprint density at radius 1 is 1.28 bits per heavy atom. The third-order valence-electron chi connectivity index (χ3n) is 5.09. The summed E-state index contributed by atoms with van der Waals surface area (Å²) in [6, 6.07) is 5.20. The molecule has 0 bridgehead atoms. The largest absolute Gasteiger partial charge is 0.444 e. The first-order valence-corrected chi connectivity index (χ1v) is 9.76. The highest BCUT2D eigenvalue weighted by Gasteiger charge is 2.37. The summed E-state index contributed by atoms with van der Waals surface area (Å²) in [6.45, 7) is 8.85. The van der Waals surface area contributed by atoms with Crippen molar-refractivity contribution in [3.8, 4) is 0 Å². The molecule has 0 spiro atoms. The molecule has 4 rings (SSSR count). The molecule has 4 heterocycles. The lowest BCUT2D eigenvalue weighted by molar-refractivity contribution is 0.00913. The van der Waals surface area contributed by atoms with Crippen molar-refractivity contribution in [1.82, 2.24) is 25.0 Å². The van der Waals surface area contributed by atoms with E-state index in [-0.39, 0.29) is 24.2 Å². The number of ether oxygens (including phenoxy) is 1. The number of carbonyl (C=O) groups excluding carboxylic acids is 2. The minimum atomic E-state index is -0.567. The number of amides is 3. The minimum absolute atomic E-state index is 0.0567. The van der Waals surface area contributed by atoms with Crippen LogP contribution in [0.25, 0.3) is 0 Å². The average molecular weight is 398 g/mol. The van der Waals surface area contributed by atoms with Crippen molar-refractivity contribution in [3.05, 3.63) is 42.0 Å². The Morgan fingerprint density at radius 3 is 2.76 bits per heavy atom. The van der Waals surface area contributed by atoms with Crippen molar-refractivity contribution in [2.45, 2.75) is 58.5 Å². The van der Waals surface area contributed by atoms with Crippen LogP contribution in [0, 0.1) is 0 Å². The maximum atomic E-state index is 12.7. The molecule has 2 aliphatic rings. The fourth-order valence-corrected chi connectivity index (χ4v) is 3.67. The molecule has 1 fully saturated rings. The van der Waals surface area contributed by atoms with Crippen molar-refractivity contribution in [2.75, 3.05) is 11.4 Å². The molecule has 2 aliphatic heterocycles. The van der Waals surface area contributed by atoms with Crippen LogP contribution in [0.1, 0.15) is 45.1 Å². The maximum absolute atomic E-state index is 12.7. The zero-order chi connectivity index (χ0) is 20.8. The molecule has 0 aliphatic carbocycles. The van der Waals surface area contributed by atoms with E-state index in [9.17, 15) is 9.59 Å². The number of rotatable bonds is 2. The number of hydrogen-bond donors (Lipinski definition) is 1. The number of urea groups is 1. The van der Waals surface area contributed by atoms with Gasteiger partial charge in [0.25, 0.3) is 0 Å². The van der Waals surface area contributed by atoms with Gasteiger partial charge in [-0.25, -0.2) is 9.59 Å². The fraction of sp³-hybridized carbons (Fsp3) is 0.500. The van der Waals surface area contributed by atoms with E-state index < -0.39 is 5.60 Å². The van der Waals surface area contributed by atoms with Gasteiger partial charge in [0.2, 0.25) is 0 Å². The molecule has 3 amide bonds. The van der Waals surface area contributed by atoms with Gasteiger partial charge in [-0.05, 0) is 39.8 Å². The van der Waals surface area contributed by atoms with Crippen LogP contribution in [0.15, 0.2) is 30.6 Å². The average Bonchev–Trinajstić information content (AvgIpc) is 3.23. The van der Waals surface area contributed by atoms with Gasteiger partial charge in [-0.1, -0.05) is 6.07 Å². The molecular formula is C20H26N6O3. The molecule has 1 unspecified atom stereocenters. The number of carbonyl (C=O) groups is 2.